The summed E-state index contributed by atoms with van der Waals surface area (Å²) >= 11 is 0. The highest BCUT2D eigenvalue weighted by atomic mass is 16.5. The number of hydrogen-bond acceptors (Lipinski definition) is 5. The molecule has 1 saturated carbocycles. The van der Waals surface area contributed by atoms with Gasteiger partial charge in [-0.2, -0.15) is 0 Å². The molecule has 1 aromatic heterocycles. The predicted molar refractivity (Wildman–Crippen MR) is 87.5 cm³/mol. The van der Waals surface area contributed by atoms with E-state index in [0.717, 1.165) is 44.9 Å². The van der Waals surface area contributed by atoms with Crippen LogP contribution in [0.15, 0.2) is 18.6 Å². The van der Waals surface area contributed by atoms with Crippen molar-refractivity contribution in [3.8, 4) is 0 Å². The zero-order chi connectivity index (χ0) is 16.4. The molecule has 0 bridgehead atoms. The first kappa shape index (κ1) is 16.0. The second-order valence-corrected chi connectivity index (χ2v) is 7.39. The van der Waals surface area contributed by atoms with E-state index in [0.29, 0.717) is 18.8 Å². The molecular formula is C18H25N3O3. The van der Waals surface area contributed by atoms with E-state index in [9.17, 15) is 4.79 Å². The maximum atomic E-state index is 12.8. The van der Waals surface area contributed by atoms with Crippen molar-refractivity contribution in [1.82, 2.24) is 14.9 Å². The van der Waals surface area contributed by atoms with Gasteiger partial charge in [0.25, 0.3) is 5.91 Å². The highest BCUT2D eigenvalue weighted by Crippen LogP contribution is 2.41. The summed E-state index contributed by atoms with van der Waals surface area (Å²) in [6.07, 6.45) is 8.83. The number of aromatic nitrogens is 2. The lowest BCUT2D eigenvalue weighted by Crippen LogP contribution is -2.58. The summed E-state index contributed by atoms with van der Waals surface area (Å²) in [6, 6.07) is 1.68. The van der Waals surface area contributed by atoms with Gasteiger partial charge in [0.05, 0.1) is 12.7 Å². The molecule has 0 spiro atoms. The van der Waals surface area contributed by atoms with Gasteiger partial charge in [-0.15, -0.1) is 0 Å². The normalized spacial score (nSPS) is 30.0. The molecule has 4 rings (SSSR count). The molecule has 1 aliphatic carbocycles. The Kier molecular flexibility index (Phi) is 4.50. The van der Waals surface area contributed by atoms with Gasteiger partial charge < -0.3 is 14.4 Å². The van der Waals surface area contributed by atoms with Crippen molar-refractivity contribution in [2.24, 2.45) is 11.3 Å². The standard InChI is InChI=1S/C18H25N3O3/c22-17(15-4-7-19-13-20-15)21-8-5-16-18(11-21,6-1-9-24-16)12-23-10-14-2-3-14/h4,7,13-14,16H,1-3,5-6,8-12H2/t16-,18+/m1/s1. The molecule has 1 aromatic rings. The number of fused-ring (bicyclic) bond motifs is 1. The first-order valence-electron chi connectivity index (χ1n) is 9.01. The van der Waals surface area contributed by atoms with Crippen molar-refractivity contribution in [2.75, 3.05) is 32.9 Å². The molecule has 6 heteroatoms. The third kappa shape index (κ3) is 3.30. The quantitative estimate of drug-likeness (QED) is 0.825. The number of piperidine rings is 1. The maximum Gasteiger partial charge on any atom is 0.272 e. The number of carbonyl (C=O) groups is 1. The number of likely N-dealkylation sites (tertiary alicyclic amines) is 1. The van der Waals surface area contributed by atoms with Crippen molar-refractivity contribution < 1.29 is 14.3 Å². The Hall–Kier alpha value is -1.53. The van der Waals surface area contributed by atoms with Crippen LogP contribution in [0.25, 0.3) is 0 Å². The van der Waals surface area contributed by atoms with Crippen LogP contribution in [0.1, 0.15) is 42.6 Å². The minimum absolute atomic E-state index is 0.0111. The second-order valence-electron chi connectivity index (χ2n) is 7.39. The number of nitrogens with zero attached hydrogens (tertiary/aromatic N) is 3. The Morgan fingerprint density at radius 3 is 3.12 bits per heavy atom. The molecule has 130 valence electrons. The Bertz CT molecular complexity index is 578. The van der Waals surface area contributed by atoms with E-state index in [4.69, 9.17) is 9.47 Å². The summed E-state index contributed by atoms with van der Waals surface area (Å²) in [7, 11) is 0. The van der Waals surface area contributed by atoms with Crippen molar-refractivity contribution >= 4 is 5.91 Å². The lowest BCUT2D eigenvalue weighted by Gasteiger charge is -2.50. The maximum absolute atomic E-state index is 12.8. The zero-order valence-electron chi connectivity index (χ0n) is 14.0. The Balaban J connectivity index is 1.46. The number of amides is 1. The average Bonchev–Trinajstić information content (AvgIpc) is 3.45. The molecule has 6 nitrogen and oxygen atoms in total. The van der Waals surface area contributed by atoms with Gasteiger partial charge in [-0.25, -0.2) is 9.97 Å². The third-order valence-electron chi connectivity index (χ3n) is 5.52. The van der Waals surface area contributed by atoms with Gasteiger partial charge in [-0.3, -0.25) is 4.79 Å². The van der Waals surface area contributed by atoms with E-state index in [1.807, 2.05) is 4.90 Å². The monoisotopic (exact) mass is 331 g/mol. The molecule has 2 aliphatic heterocycles. The predicted octanol–water partition coefficient (Wildman–Crippen LogP) is 1.91. The molecule has 24 heavy (non-hydrogen) atoms. The summed E-state index contributed by atoms with van der Waals surface area (Å²) in [5, 5.41) is 0. The first-order chi connectivity index (χ1) is 11.8. The molecule has 0 unspecified atom stereocenters. The molecular weight excluding hydrogens is 306 g/mol. The number of ether oxygens (including phenoxy) is 2. The zero-order valence-corrected chi connectivity index (χ0v) is 14.0. The SMILES string of the molecule is O=C(c1ccncn1)N1CC[C@H]2OCCC[C@@]2(COCC2CC2)C1. The van der Waals surface area contributed by atoms with Gasteiger partial charge in [0.1, 0.15) is 12.0 Å². The van der Waals surface area contributed by atoms with Crippen LogP contribution in [0.2, 0.25) is 0 Å². The van der Waals surface area contributed by atoms with Crippen LogP contribution >= 0.6 is 0 Å². The fourth-order valence-electron chi connectivity index (χ4n) is 3.97. The van der Waals surface area contributed by atoms with Gasteiger partial charge in [-0.05, 0) is 44.1 Å². The average molecular weight is 331 g/mol. The van der Waals surface area contributed by atoms with Crippen LogP contribution < -0.4 is 0 Å². The minimum atomic E-state index is -0.0614. The fourth-order valence-corrected chi connectivity index (χ4v) is 3.97. The van der Waals surface area contributed by atoms with E-state index in [1.165, 1.54) is 19.2 Å². The van der Waals surface area contributed by atoms with Crippen molar-refractivity contribution in [1.29, 1.82) is 0 Å². The molecule has 2 atom stereocenters. The molecule has 3 fully saturated rings. The Labute approximate surface area is 142 Å². The Morgan fingerprint density at radius 2 is 2.33 bits per heavy atom. The third-order valence-corrected chi connectivity index (χ3v) is 5.52. The molecule has 3 aliphatic rings. The topological polar surface area (TPSA) is 64.6 Å². The largest absolute Gasteiger partial charge is 0.380 e. The van der Waals surface area contributed by atoms with Crippen LogP contribution in [0, 0.1) is 11.3 Å². The van der Waals surface area contributed by atoms with E-state index in [-0.39, 0.29) is 17.4 Å². The lowest BCUT2D eigenvalue weighted by molar-refractivity contribution is -0.147. The smallest absolute Gasteiger partial charge is 0.272 e. The highest BCUT2D eigenvalue weighted by Gasteiger charge is 2.47. The van der Waals surface area contributed by atoms with Gasteiger partial charge in [0, 0.05) is 37.9 Å². The Morgan fingerprint density at radius 1 is 1.42 bits per heavy atom. The number of rotatable bonds is 5. The summed E-state index contributed by atoms with van der Waals surface area (Å²) in [4.78, 5) is 22.7. The van der Waals surface area contributed by atoms with E-state index in [1.54, 1.807) is 12.3 Å². The van der Waals surface area contributed by atoms with Crippen LogP contribution in [0.3, 0.4) is 0 Å². The molecule has 3 heterocycles. The number of carbonyl (C=O) groups excluding carboxylic acids is 1. The van der Waals surface area contributed by atoms with Crippen molar-refractivity contribution in [3.05, 3.63) is 24.3 Å². The number of hydrogen-bond donors (Lipinski definition) is 0. The lowest BCUT2D eigenvalue weighted by atomic mass is 9.73. The van der Waals surface area contributed by atoms with Crippen LogP contribution in [-0.2, 0) is 9.47 Å². The van der Waals surface area contributed by atoms with Crippen LogP contribution in [0.4, 0.5) is 0 Å². The summed E-state index contributed by atoms with van der Waals surface area (Å²) in [5.41, 5.74) is 0.405. The minimum Gasteiger partial charge on any atom is -0.380 e. The summed E-state index contributed by atoms with van der Waals surface area (Å²) in [6.45, 7) is 3.80. The van der Waals surface area contributed by atoms with E-state index >= 15 is 0 Å². The van der Waals surface area contributed by atoms with Gasteiger partial charge >= 0.3 is 0 Å². The molecule has 0 N–H and O–H groups in total. The van der Waals surface area contributed by atoms with Crippen molar-refractivity contribution in [3.63, 3.8) is 0 Å². The van der Waals surface area contributed by atoms with E-state index in [2.05, 4.69) is 9.97 Å². The van der Waals surface area contributed by atoms with Gasteiger partial charge in [0.15, 0.2) is 0 Å². The second kappa shape index (κ2) is 6.76. The molecule has 0 aromatic carbocycles. The molecule has 0 radical (unpaired) electrons. The van der Waals surface area contributed by atoms with Crippen molar-refractivity contribution in [2.45, 2.75) is 38.2 Å². The van der Waals surface area contributed by atoms with Gasteiger partial charge in [0.2, 0.25) is 0 Å². The first-order valence-corrected chi connectivity index (χ1v) is 9.01. The fraction of sp³-hybridized carbons (Fsp3) is 0.722. The molecule has 2 saturated heterocycles. The van der Waals surface area contributed by atoms with Gasteiger partial charge in [-0.1, -0.05) is 0 Å². The molecule has 1 amide bonds. The summed E-state index contributed by atoms with van der Waals surface area (Å²) in [5.74, 6) is 0.745. The summed E-state index contributed by atoms with van der Waals surface area (Å²) < 4.78 is 12.1. The van der Waals surface area contributed by atoms with Crippen LogP contribution in [-0.4, -0.2) is 59.8 Å². The van der Waals surface area contributed by atoms with Crippen LogP contribution in [0.5, 0.6) is 0 Å². The van der Waals surface area contributed by atoms with E-state index < -0.39 is 0 Å². The highest BCUT2D eigenvalue weighted by molar-refractivity contribution is 5.92.